The van der Waals surface area contributed by atoms with Gasteiger partial charge in [0.2, 0.25) is 0 Å². The van der Waals surface area contributed by atoms with Gasteiger partial charge in [-0.2, -0.15) is 0 Å². The van der Waals surface area contributed by atoms with Gasteiger partial charge in [0.25, 0.3) is 5.91 Å². The van der Waals surface area contributed by atoms with Crippen molar-refractivity contribution in [3.63, 3.8) is 0 Å². The first kappa shape index (κ1) is 47.9. The minimum Gasteiger partial charge on any atom is -0.476 e. The van der Waals surface area contributed by atoms with E-state index in [1.165, 1.54) is 36.7 Å². The number of ether oxygens (including phenoxy) is 2. The van der Waals surface area contributed by atoms with E-state index < -0.39 is 46.7 Å². The Kier molecular flexibility index (Phi) is 15.3. The summed E-state index contributed by atoms with van der Waals surface area (Å²) >= 11 is 0. The number of aromatic carboxylic acids is 1. The van der Waals surface area contributed by atoms with E-state index in [9.17, 15) is 28.0 Å². The number of aromatic nitrogens is 4. The minimum absolute atomic E-state index is 0.0563. The van der Waals surface area contributed by atoms with E-state index in [0.29, 0.717) is 11.4 Å². The number of carbonyl (C=O) groups excluding carboxylic acids is 3. The SMILES string of the molecule is CC(C)(C)OC(=O)c1ccc(N)cc1F.Cc1ccc(-c2cnc(N)c(C(=O)Nc3ccc(C(=O)OC(C)(C)C)c(F)c3)n2)cc1.Cc1ccc(-c2cnc(N)c(C(=O)O)n2)cc1. The summed E-state index contributed by atoms with van der Waals surface area (Å²) in [5.74, 6) is -4.91. The zero-order valence-electron chi connectivity index (χ0n) is 35.9. The number of nitrogen functional groups attached to an aromatic ring is 3. The molecule has 0 saturated carbocycles. The summed E-state index contributed by atoms with van der Waals surface area (Å²) in [5, 5.41) is 11.4. The number of rotatable bonds is 7. The number of aryl methyl sites for hydroxylation is 2. The first-order valence-corrected chi connectivity index (χ1v) is 19.2. The quantitative estimate of drug-likeness (QED) is 0.0746. The van der Waals surface area contributed by atoms with Crippen LogP contribution in [0.3, 0.4) is 0 Å². The van der Waals surface area contributed by atoms with Crippen LogP contribution in [-0.2, 0) is 9.47 Å². The van der Waals surface area contributed by atoms with E-state index >= 15 is 0 Å². The Hall–Kier alpha value is -7.82. The van der Waals surface area contributed by atoms with E-state index in [2.05, 4.69) is 25.3 Å². The zero-order valence-corrected chi connectivity index (χ0v) is 35.9. The molecule has 17 heteroatoms. The maximum absolute atomic E-state index is 14.4. The number of esters is 2. The second-order valence-corrected chi connectivity index (χ2v) is 15.9. The van der Waals surface area contributed by atoms with Crippen molar-refractivity contribution in [1.29, 1.82) is 0 Å². The van der Waals surface area contributed by atoms with Crippen LogP contribution in [0.2, 0.25) is 0 Å². The molecule has 0 spiro atoms. The van der Waals surface area contributed by atoms with E-state index in [-0.39, 0.29) is 45.5 Å². The van der Waals surface area contributed by atoms with E-state index in [1.54, 1.807) is 41.5 Å². The molecule has 2 aromatic heterocycles. The lowest BCUT2D eigenvalue weighted by atomic mass is 10.1. The number of hydrogen-bond donors (Lipinski definition) is 5. The number of carboxylic acid groups (broad SMARTS) is 1. The number of carboxylic acids is 1. The van der Waals surface area contributed by atoms with Gasteiger partial charge in [0.05, 0.1) is 34.9 Å². The monoisotopic (exact) mass is 862 g/mol. The molecule has 2 heterocycles. The second-order valence-electron chi connectivity index (χ2n) is 15.9. The fourth-order valence-electron chi connectivity index (χ4n) is 5.16. The smallest absolute Gasteiger partial charge is 0.358 e. The molecular formula is C46H48F2N8O7. The van der Waals surface area contributed by atoms with Crippen molar-refractivity contribution in [2.75, 3.05) is 22.5 Å². The molecule has 0 aliphatic heterocycles. The van der Waals surface area contributed by atoms with Crippen LogP contribution in [0, 0.1) is 25.5 Å². The van der Waals surface area contributed by atoms with Gasteiger partial charge in [-0.3, -0.25) is 4.79 Å². The summed E-state index contributed by atoms with van der Waals surface area (Å²) in [6.07, 6.45) is 2.94. The lowest BCUT2D eigenvalue weighted by Crippen LogP contribution is -2.24. The molecule has 63 heavy (non-hydrogen) atoms. The number of nitrogens with two attached hydrogens (primary N) is 3. The van der Waals surface area contributed by atoms with Gasteiger partial charge in [-0.1, -0.05) is 59.7 Å². The molecule has 0 radical (unpaired) electrons. The summed E-state index contributed by atoms with van der Waals surface area (Å²) in [5.41, 5.74) is 19.8. The Labute approximate surface area is 362 Å². The molecule has 8 N–H and O–H groups in total. The topological polar surface area (TPSA) is 249 Å². The highest BCUT2D eigenvalue weighted by atomic mass is 19.1. The predicted octanol–water partition coefficient (Wildman–Crippen LogP) is 8.48. The zero-order chi connectivity index (χ0) is 46.8. The molecule has 1 amide bonds. The Bertz CT molecular complexity index is 2630. The number of nitrogens with zero attached hydrogens (tertiary/aromatic N) is 4. The van der Waals surface area contributed by atoms with Crippen LogP contribution < -0.4 is 22.5 Å². The maximum atomic E-state index is 14.4. The number of hydrogen-bond acceptors (Lipinski definition) is 13. The molecule has 6 aromatic rings. The molecule has 0 bridgehead atoms. The lowest BCUT2D eigenvalue weighted by Gasteiger charge is -2.19. The molecule has 0 atom stereocenters. The van der Waals surface area contributed by atoms with Crippen LogP contribution in [0.25, 0.3) is 22.5 Å². The first-order valence-electron chi connectivity index (χ1n) is 19.2. The standard InChI is InChI=1S/C23H23FN4O3.C12H11N3O2.C11H14FNO2/c1-13-5-7-14(8-6-13)18-12-26-20(25)19(28-18)21(29)27-15-9-10-16(17(24)11-15)22(30)31-23(2,3)4;1-7-2-4-8(5-3-7)9-6-14-11(13)10(15-9)12(16)17;1-11(2,3)15-10(14)8-5-4-7(13)6-9(8)12/h5-12H,1-4H3,(H2,25,26)(H,27,29);2-6H,1H3,(H2,13,14)(H,16,17);4-6H,13H2,1-3H3. The van der Waals surface area contributed by atoms with Gasteiger partial charge < -0.3 is 37.1 Å². The molecule has 0 fully saturated rings. The number of nitrogens with one attached hydrogen (secondary N) is 1. The van der Waals surface area contributed by atoms with Crippen LogP contribution in [-0.4, -0.2) is 60.1 Å². The van der Waals surface area contributed by atoms with E-state index in [4.69, 9.17) is 31.8 Å². The first-order chi connectivity index (χ1) is 29.4. The van der Waals surface area contributed by atoms with Gasteiger partial charge in [0.1, 0.15) is 22.8 Å². The van der Waals surface area contributed by atoms with Crippen molar-refractivity contribution >= 4 is 46.8 Å². The van der Waals surface area contributed by atoms with Gasteiger partial charge in [-0.05, 0) is 91.8 Å². The average Bonchev–Trinajstić information content (AvgIpc) is 3.18. The predicted molar refractivity (Wildman–Crippen MR) is 236 cm³/mol. The van der Waals surface area contributed by atoms with Crippen molar-refractivity contribution in [2.45, 2.75) is 66.6 Å². The summed E-state index contributed by atoms with van der Waals surface area (Å²) in [4.78, 5) is 63.3. The third kappa shape index (κ3) is 14.1. The highest BCUT2D eigenvalue weighted by Crippen LogP contribution is 2.23. The molecule has 4 aromatic carbocycles. The molecule has 0 saturated heterocycles. The van der Waals surface area contributed by atoms with Gasteiger partial charge in [-0.15, -0.1) is 0 Å². The highest BCUT2D eigenvalue weighted by molar-refractivity contribution is 6.06. The van der Waals surface area contributed by atoms with Crippen molar-refractivity contribution in [1.82, 2.24) is 19.9 Å². The second kappa shape index (κ2) is 20.2. The molecule has 0 aliphatic rings. The van der Waals surface area contributed by atoms with Gasteiger partial charge in [0, 0.05) is 22.5 Å². The Morgan fingerprint density at radius 3 is 1.43 bits per heavy atom. The summed E-state index contributed by atoms with van der Waals surface area (Å²) in [6.45, 7) is 14.2. The third-order valence-corrected chi connectivity index (χ3v) is 8.17. The fourth-order valence-corrected chi connectivity index (χ4v) is 5.16. The largest absolute Gasteiger partial charge is 0.476 e. The molecule has 0 aliphatic carbocycles. The summed E-state index contributed by atoms with van der Waals surface area (Å²) in [6, 6.07) is 22.7. The Morgan fingerprint density at radius 1 is 0.603 bits per heavy atom. The number of amides is 1. The van der Waals surface area contributed by atoms with E-state index in [1.807, 2.05) is 62.4 Å². The summed E-state index contributed by atoms with van der Waals surface area (Å²) in [7, 11) is 0. The van der Waals surface area contributed by atoms with E-state index in [0.717, 1.165) is 34.4 Å². The van der Waals surface area contributed by atoms with Crippen molar-refractivity contribution in [3.05, 3.63) is 143 Å². The minimum atomic E-state index is -1.18. The Morgan fingerprint density at radius 2 is 1.02 bits per heavy atom. The molecule has 6 rings (SSSR count). The maximum Gasteiger partial charge on any atom is 0.358 e. The van der Waals surface area contributed by atoms with Crippen molar-refractivity contribution < 1.29 is 42.5 Å². The number of carbonyl (C=O) groups is 4. The van der Waals surface area contributed by atoms with Gasteiger partial charge in [0.15, 0.2) is 23.0 Å². The van der Waals surface area contributed by atoms with Crippen LogP contribution in [0.5, 0.6) is 0 Å². The van der Waals surface area contributed by atoms with Crippen molar-refractivity contribution in [3.8, 4) is 22.5 Å². The van der Waals surface area contributed by atoms with Crippen LogP contribution in [0.15, 0.2) is 97.3 Å². The molecule has 0 unspecified atom stereocenters. The van der Waals surface area contributed by atoms with Crippen LogP contribution in [0.4, 0.5) is 31.8 Å². The molecule has 328 valence electrons. The normalized spacial score (nSPS) is 10.9. The fraction of sp³-hybridized carbons (Fsp3) is 0.217. The average molecular weight is 863 g/mol. The molecule has 15 nitrogen and oxygen atoms in total. The lowest BCUT2D eigenvalue weighted by molar-refractivity contribution is 0.00518. The Balaban J connectivity index is 0.000000229. The number of benzene rings is 4. The molecular weight excluding hydrogens is 815 g/mol. The third-order valence-electron chi connectivity index (χ3n) is 8.17. The van der Waals surface area contributed by atoms with Crippen LogP contribution in [0.1, 0.15) is 94.4 Å². The van der Waals surface area contributed by atoms with Gasteiger partial charge >= 0.3 is 17.9 Å². The summed E-state index contributed by atoms with van der Waals surface area (Å²) < 4.78 is 37.9. The number of anilines is 4. The van der Waals surface area contributed by atoms with Crippen LogP contribution >= 0.6 is 0 Å². The van der Waals surface area contributed by atoms with Crippen molar-refractivity contribution in [2.24, 2.45) is 0 Å². The number of halogens is 2. The van der Waals surface area contributed by atoms with Gasteiger partial charge in [-0.25, -0.2) is 43.1 Å². The highest BCUT2D eigenvalue weighted by Gasteiger charge is 2.23.